The maximum atomic E-state index is 10.00. The largest absolute Gasteiger partial charge is 0.394 e. The Balaban J connectivity index is 2.18. The van der Waals surface area contributed by atoms with Crippen molar-refractivity contribution in [3.05, 3.63) is 0 Å². The SMILES string of the molecule is OC[C@H]1O[C@@](CO)(O[C@H]2O[C@H](CO)[C@@H](O)[C@@H](O)[C@@H]2O)[C@@H](O)[C@@H]1O. The van der Waals surface area contributed by atoms with Gasteiger partial charge in [-0.15, -0.1) is 0 Å². The lowest BCUT2D eigenvalue weighted by Gasteiger charge is -2.43. The zero-order valence-corrected chi connectivity index (χ0v) is 12.0. The van der Waals surface area contributed by atoms with Crippen molar-refractivity contribution in [2.45, 2.75) is 54.8 Å². The van der Waals surface area contributed by atoms with Crippen molar-refractivity contribution in [2.75, 3.05) is 19.8 Å². The van der Waals surface area contributed by atoms with Gasteiger partial charge in [-0.05, 0) is 0 Å². The van der Waals surface area contributed by atoms with Crippen molar-refractivity contribution in [2.24, 2.45) is 0 Å². The summed E-state index contributed by atoms with van der Waals surface area (Å²) in [5.41, 5.74) is 0. The van der Waals surface area contributed by atoms with Gasteiger partial charge in [0.05, 0.1) is 13.2 Å². The number of hydrogen-bond acceptors (Lipinski definition) is 11. The van der Waals surface area contributed by atoms with Gasteiger partial charge in [-0.3, -0.25) is 0 Å². The topological polar surface area (TPSA) is 190 Å². The van der Waals surface area contributed by atoms with Crippen LogP contribution >= 0.6 is 0 Å². The van der Waals surface area contributed by atoms with Gasteiger partial charge in [0.15, 0.2) is 6.29 Å². The number of ether oxygens (including phenoxy) is 3. The summed E-state index contributed by atoms with van der Waals surface area (Å²) in [7, 11) is 0. The molecule has 0 aromatic carbocycles. The molecule has 2 fully saturated rings. The predicted molar refractivity (Wildman–Crippen MR) is 68.6 cm³/mol. The minimum absolute atomic E-state index is 0.669. The maximum absolute atomic E-state index is 10.00. The van der Waals surface area contributed by atoms with E-state index in [0.29, 0.717) is 0 Å². The summed E-state index contributed by atoms with van der Waals surface area (Å²) < 4.78 is 15.4. The molecule has 2 rings (SSSR count). The van der Waals surface area contributed by atoms with Crippen LogP contribution in [-0.4, -0.2) is 115 Å². The third kappa shape index (κ3) is 3.23. The van der Waals surface area contributed by atoms with Crippen molar-refractivity contribution >= 4 is 0 Å². The second-order valence-corrected chi connectivity index (χ2v) is 5.56. The lowest BCUT2D eigenvalue weighted by atomic mass is 9.99. The summed E-state index contributed by atoms with van der Waals surface area (Å²) >= 11 is 0. The molecule has 2 saturated heterocycles. The van der Waals surface area contributed by atoms with E-state index in [9.17, 15) is 30.6 Å². The standard InChI is InChI=1S/C12H22O11/c13-1-4-6(16)8(18)9(19)11(21-4)23-12(3-15)10(20)7(17)5(2-14)22-12/h4-11,13-20H,1-3H2/t4-,5-,6-,7-,8-,9+,10+,11-,12+/m1/s1. The molecule has 0 bridgehead atoms. The average Bonchev–Trinajstić information content (AvgIpc) is 2.80. The van der Waals surface area contributed by atoms with Crippen molar-refractivity contribution in [1.82, 2.24) is 0 Å². The Labute approximate surface area is 130 Å². The van der Waals surface area contributed by atoms with E-state index >= 15 is 0 Å². The normalized spacial score (nSPS) is 51.1. The summed E-state index contributed by atoms with van der Waals surface area (Å²) in [6.07, 6.45) is -12.7. The highest BCUT2D eigenvalue weighted by molar-refractivity contribution is 4.98. The van der Waals surface area contributed by atoms with Crippen molar-refractivity contribution in [3.63, 3.8) is 0 Å². The van der Waals surface area contributed by atoms with Gasteiger partial charge in [0.1, 0.15) is 49.3 Å². The first-order valence-electron chi connectivity index (χ1n) is 7.05. The van der Waals surface area contributed by atoms with Gasteiger partial charge in [0.2, 0.25) is 5.79 Å². The zero-order valence-electron chi connectivity index (χ0n) is 12.0. The molecule has 0 aromatic rings. The predicted octanol–water partition coefficient (Wildman–Crippen LogP) is -5.40. The summed E-state index contributed by atoms with van der Waals surface area (Å²) in [5, 5.41) is 76.7. The molecule has 0 unspecified atom stereocenters. The number of rotatable bonds is 5. The third-order valence-corrected chi connectivity index (χ3v) is 4.07. The highest BCUT2D eigenvalue weighted by Crippen LogP contribution is 2.35. The molecule has 0 amide bonds. The lowest BCUT2D eigenvalue weighted by molar-refractivity contribution is -0.383. The molecule has 0 radical (unpaired) electrons. The molecule has 136 valence electrons. The van der Waals surface area contributed by atoms with Gasteiger partial charge in [-0.25, -0.2) is 0 Å². The molecular weight excluding hydrogens is 320 g/mol. The Morgan fingerprint density at radius 3 is 1.87 bits per heavy atom. The van der Waals surface area contributed by atoms with Crippen LogP contribution in [0.5, 0.6) is 0 Å². The van der Waals surface area contributed by atoms with Crippen molar-refractivity contribution in [1.29, 1.82) is 0 Å². The maximum Gasteiger partial charge on any atom is 0.224 e. The van der Waals surface area contributed by atoms with Gasteiger partial charge >= 0.3 is 0 Å². The Bertz CT molecular complexity index is 393. The van der Waals surface area contributed by atoms with E-state index in [2.05, 4.69) is 0 Å². The Hall–Kier alpha value is -0.440. The van der Waals surface area contributed by atoms with E-state index in [1.54, 1.807) is 0 Å². The smallest absolute Gasteiger partial charge is 0.224 e. The van der Waals surface area contributed by atoms with Crippen LogP contribution in [0.1, 0.15) is 0 Å². The molecule has 2 aliphatic rings. The summed E-state index contributed by atoms with van der Waals surface area (Å²) in [5.74, 6) is -2.22. The quantitative estimate of drug-likeness (QED) is 0.238. The van der Waals surface area contributed by atoms with Crippen LogP contribution in [0.2, 0.25) is 0 Å². The van der Waals surface area contributed by atoms with E-state index in [1.165, 1.54) is 0 Å². The molecule has 23 heavy (non-hydrogen) atoms. The fourth-order valence-corrected chi connectivity index (χ4v) is 2.63. The van der Waals surface area contributed by atoms with E-state index < -0.39 is 74.6 Å². The molecule has 0 saturated carbocycles. The molecule has 11 nitrogen and oxygen atoms in total. The van der Waals surface area contributed by atoms with E-state index in [-0.39, 0.29) is 0 Å². The van der Waals surface area contributed by atoms with Crippen molar-refractivity contribution < 1.29 is 55.1 Å². The number of aliphatic hydroxyl groups excluding tert-OH is 8. The van der Waals surface area contributed by atoms with Gasteiger partial charge in [0, 0.05) is 0 Å². The summed E-state index contributed by atoms with van der Waals surface area (Å²) in [6.45, 7) is -2.32. The molecule has 8 N–H and O–H groups in total. The molecule has 11 heteroatoms. The third-order valence-electron chi connectivity index (χ3n) is 4.07. The van der Waals surface area contributed by atoms with Gasteiger partial charge in [-0.2, -0.15) is 0 Å². The Kier molecular flexibility index (Phi) is 5.92. The van der Waals surface area contributed by atoms with Crippen LogP contribution in [0.4, 0.5) is 0 Å². The highest BCUT2D eigenvalue weighted by atomic mass is 16.8. The number of hydrogen-bond donors (Lipinski definition) is 8. The molecular formula is C12H22O11. The minimum Gasteiger partial charge on any atom is -0.394 e. The summed E-state index contributed by atoms with van der Waals surface area (Å²) in [6, 6.07) is 0. The van der Waals surface area contributed by atoms with Crippen LogP contribution in [0.3, 0.4) is 0 Å². The molecule has 2 aliphatic heterocycles. The molecule has 0 spiro atoms. The van der Waals surface area contributed by atoms with Crippen LogP contribution in [0.15, 0.2) is 0 Å². The van der Waals surface area contributed by atoms with E-state index in [4.69, 9.17) is 24.4 Å². The van der Waals surface area contributed by atoms with Crippen LogP contribution in [0.25, 0.3) is 0 Å². The van der Waals surface area contributed by atoms with Crippen LogP contribution in [-0.2, 0) is 14.2 Å². The zero-order chi connectivity index (χ0) is 17.4. The fraction of sp³-hybridized carbons (Fsp3) is 1.00. The molecule has 0 aromatic heterocycles. The first-order chi connectivity index (χ1) is 10.8. The average molecular weight is 342 g/mol. The molecule has 0 aliphatic carbocycles. The molecule has 2 heterocycles. The van der Waals surface area contributed by atoms with Gasteiger partial charge in [0.25, 0.3) is 0 Å². The van der Waals surface area contributed by atoms with Crippen LogP contribution in [0, 0.1) is 0 Å². The Morgan fingerprint density at radius 1 is 0.783 bits per heavy atom. The first kappa shape index (κ1) is 18.9. The second kappa shape index (κ2) is 7.21. The van der Waals surface area contributed by atoms with Crippen LogP contribution < -0.4 is 0 Å². The molecule has 9 atom stereocenters. The monoisotopic (exact) mass is 342 g/mol. The van der Waals surface area contributed by atoms with E-state index in [0.717, 1.165) is 0 Å². The van der Waals surface area contributed by atoms with Crippen molar-refractivity contribution in [3.8, 4) is 0 Å². The lowest BCUT2D eigenvalue weighted by Crippen LogP contribution is -2.62. The van der Waals surface area contributed by atoms with Gasteiger partial charge < -0.3 is 55.1 Å². The second-order valence-electron chi connectivity index (χ2n) is 5.56. The van der Waals surface area contributed by atoms with E-state index in [1.807, 2.05) is 0 Å². The van der Waals surface area contributed by atoms with Gasteiger partial charge in [-0.1, -0.05) is 0 Å². The summed E-state index contributed by atoms with van der Waals surface area (Å²) in [4.78, 5) is 0. The minimum atomic E-state index is -2.22. The Morgan fingerprint density at radius 2 is 1.39 bits per heavy atom. The highest BCUT2D eigenvalue weighted by Gasteiger charge is 2.58. The fourth-order valence-electron chi connectivity index (χ4n) is 2.63. The number of aliphatic hydroxyl groups is 8. The first-order valence-corrected chi connectivity index (χ1v) is 7.05.